The maximum atomic E-state index is 11.5. The first kappa shape index (κ1) is 16.0. The monoisotopic (exact) mass is 335 g/mol. The van der Waals surface area contributed by atoms with Crippen molar-refractivity contribution in [3.63, 3.8) is 0 Å². The van der Waals surface area contributed by atoms with Crippen LogP contribution < -0.4 is 10.1 Å². The normalized spacial score (nSPS) is 19.8. The summed E-state index contributed by atoms with van der Waals surface area (Å²) in [6.07, 6.45) is 2.55. The largest absolute Gasteiger partial charge is 0.497 e. The van der Waals surface area contributed by atoms with E-state index in [1.165, 1.54) is 0 Å². The van der Waals surface area contributed by atoms with Crippen LogP contribution in [-0.4, -0.2) is 43.8 Å². The topological polar surface area (TPSA) is 84.1 Å². The molecule has 0 radical (unpaired) electrons. The molecule has 1 aromatic carbocycles. The smallest absolute Gasteiger partial charge is 0.150 e. The fourth-order valence-corrected chi connectivity index (χ4v) is 4.78. The summed E-state index contributed by atoms with van der Waals surface area (Å²) >= 11 is 0. The van der Waals surface area contributed by atoms with Crippen LogP contribution in [0, 0.1) is 5.92 Å². The van der Waals surface area contributed by atoms with Crippen LogP contribution >= 0.6 is 0 Å². The van der Waals surface area contributed by atoms with Crippen LogP contribution in [0.3, 0.4) is 0 Å². The number of hydrogen-bond acceptors (Lipinski definition) is 5. The Kier molecular flexibility index (Phi) is 4.68. The van der Waals surface area contributed by atoms with Gasteiger partial charge in [0.25, 0.3) is 0 Å². The molecular formula is C16H21N3O3S. The number of methoxy groups -OCH3 is 1. The highest BCUT2D eigenvalue weighted by molar-refractivity contribution is 7.91. The third-order valence-corrected chi connectivity index (χ3v) is 5.99. The van der Waals surface area contributed by atoms with Crippen molar-refractivity contribution in [1.29, 1.82) is 0 Å². The van der Waals surface area contributed by atoms with E-state index in [2.05, 4.69) is 15.5 Å². The van der Waals surface area contributed by atoms with E-state index in [9.17, 15) is 8.42 Å². The Balaban J connectivity index is 1.62. The Hall–Kier alpha value is -1.86. The van der Waals surface area contributed by atoms with Gasteiger partial charge in [0, 0.05) is 17.7 Å². The third-order valence-electron chi connectivity index (χ3n) is 4.15. The molecule has 0 amide bonds. The van der Waals surface area contributed by atoms with Gasteiger partial charge in [0.2, 0.25) is 0 Å². The van der Waals surface area contributed by atoms with Crippen molar-refractivity contribution in [2.75, 3.05) is 25.2 Å². The highest BCUT2D eigenvalue weighted by Gasteiger charge is 2.27. The number of benzene rings is 1. The molecule has 0 saturated carbocycles. The second-order valence-electron chi connectivity index (χ2n) is 5.90. The van der Waals surface area contributed by atoms with E-state index >= 15 is 0 Å². The maximum Gasteiger partial charge on any atom is 0.150 e. The van der Waals surface area contributed by atoms with Gasteiger partial charge in [-0.15, -0.1) is 0 Å². The summed E-state index contributed by atoms with van der Waals surface area (Å²) < 4.78 is 28.2. The molecular weight excluding hydrogens is 314 g/mol. The number of nitrogens with one attached hydrogen (secondary N) is 2. The average molecular weight is 335 g/mol. The quantitative estimate of drug-likeness (QED) is 0.838. The van der Waals surface area contributed by atoms with Gasteiger partial charge in [0.15, 0.2) is 9.84 Å². The van der Waals surface area contributed by atoms with Crippen LogP contribution in [-0.2, 0) is 16.4 Å². The molecule has 2 aromatic rings. The second kappa shape index (κ2) is 6.72. The fourth-order valence-electron chi connectivity index (χ4n) is 2.92. The maximum absolute atomic E-state index is 11.5. The van der Waals surface area contributed by atoms with Crippen LogP contribution in [0.4, 0.5) is 0 Å². The van der Waals surface area contributed by atoms with Crippen molar-refractivity contribution in [3.05, 3.63) is 36.0 Å². The molecule has 1 saturated heterocycles. The van der Waals surface area contributed by atoms with Gasteiger partial charge in [-0.1, -0.05) is 12.1 Å². The van der Waals surface area contributed by atoms with Crippen LogP contribution in [0.5, 0.6) is 5.75 Å². The third kappa shape index (κ3) is 3.92. The molecule has 1 fully saturated rings. The summed E-state index contributed by atoms with van der Waals surface area (Å²) in [5.41, 5.74) is 3.02. The predicted molar refractivity (Wildman–Crippen MR) is 89.0 cm³/mol. The molecule has 3 rings (SSSR count). The lowest BCUT2D eigenvalue weighted by Crippen LogP contribution is -2.23. The van der Waals surface area contributed by atoms with Crippen molar-refractivity contribution in [1.82, 2.24) is 15.5 Å². The van der Waals surface area contributed by atoms with Crippen molar-refractivity contribution >= 4 is 9.84 Å². The zero-order chi connectivity index (χ0) is 16.3. The number of sulfone groups is 1. The molecule has 1 aliphatic heterocycles. The van der Waals surface area contributed by atoms with Crippen molar-refractivity contribution in [2.24, 2.45) is 5.92 Å². The van der Waals surface area contributed by atoms with E-state index in [4.69, 9.17) is 4.74 Å². The van der Waals surface area contributed by atoms with Crippen LogP contribution in [0.2, 0.25) is 0 Å². The number of H-pyrrole nitrogens is 1. The number of rotatable bonds is 6. The molecule has 1 aliphatic rings. The SMILES string of the molecule is COc1cccc(-c2[nH]ncc2CNC[C@@H]2CCS(=O)(=O)C2)c1. The van der Waals surface area contributed by atoms with E-state index in [0.717, 1.165) is 29.0 Å². The highest BCUT2D eigenvalue weighted by Crippen LogP contribution is 2.25. The van der Waals surface area contributed by atoms with Crippen LogP contribution in [0.25, 0.3) is 11.3 Å². The Morgan fingerprint density at radius 3 is 3.04 bits per heavy atom. The van der Waals surface area contributed by atoms with Crippen molar-refractivity contribution in [2.45, 2.75) is 13.0 Å². The zero-order valence-electron chi connectivity index (χ0n) is 13.1. The van der Waals surface area contributed by atoms with Gasteiger partial charge in [0.1, 0.15) is 5.75 Å². The molecule has 7 heteroatoms. The molecule has 2 N–H and O–H groups in total. The second-order valence-corrected chi connectivity index (χ2v) is 8.13. The minimum absolute atomic E-state index is 0.215. The van der Waals surface area contributed by atoms with E-state index in [0.29, 0.717) is 24.6 Å². The lowest BCUT2D eigenvalue weighted by atomic mass is 10.1. The lowest BCUT2D eigenvalue weighted by Gasteiger charge is -2.10. The van der Waals surface area contributed by atoms with Gasteiger partial charge in [0.05, 0.1) is 30.5 Å². The Labute approximate surface area is 136 Å². The van der Waals surface area contributed by atoms with Gasteiger partial charge >= 0.3 is 0 Å². The Morgan fingerprint density at radius 1 is 1.43 bits per heavy atom. The minimum atomic E-state index is -2.81. The van der Waals surface area contributed by atoms with E-state index in [1.807, 2.05) is 24.3 Å². The molecule has 0 spiro atoms. The minimum Gasteiger partial charge on any atom is -0.497 e. The number of aromatic nitrogens is 2. The number of hydrogen-bond donors (Lipinski definition) is 2. The Morgan fingerprint density at radius 2 is 2.30 bits per heavy atom. The molecule has 23 heavy (non-hydrogen) atoms. The summed E-state index contributed by atoms with van der Waals surface area (Å²) in [5, 5.41) is 10.5. The van der Waals surface area contributed by atoms with Gasteiger partial charge in [-0.3, -0.25) is 5.10 Å². The summed E-state index contributed by atoms with van der Waals surface area (Å²) in [6.45, 7) is 1.36. The van der Waals surface area contributed by atoms with Crippen molar-refractivity contribution < 1.29 is 13.2 Å². The van der Waals surface area contributed by atoms with Gasteiger partial charge in [-0.05, 0) is 31.0 Å². The van der Waals surface area contributed by atoms with Crippen LogP contribution in [0.1, 0.15) is 12.0 Å². The molecule has 1 aromatic heterocycles. The molecule has 0 bridgehead atoms. The molecule has 2 heterocycles. The van der Waals surface area contributed by atoms with Gasteiger partial charge < -0.3 is 10.1 Å². The van der Waals surface area contributed by atoms with E-state index in [1.54, 1.807) is 13.3 Å². The molecule has 0 aliphatic carbocycles. The number of ether oxygens (including phenoxy) is 1. The highest BCUT2D eigenvalue weighted by atomic mass is 32.2. The molecule has 6 nitrogen and oxygen atoms in total. The van der Waals surface area contributed by atoms with E-state index in [-0.39, 0.29) is 5.92 Å². The van der Waals surface area contributed by atoms with Crippen LogP contribution in [0.15, 0.2) is 30.5 Å². The first-order valence-corrected chi connectivity index (χ1v) is 9.47. The summed E-state index contributed by atoms with van der Waals surface area (Å²) in [7, 11) is -1.17. The fraction of sp³-hybridized carbons (Fsp3) is 0.438. The average Bonchev–Trinajstić information content (AvgIpc) is 3.14. The zero-order valence-corrected chi connectivity index (χ0v) is 13.9. The summed E-state index contributed by atoms with van der Waals surface area (Å²) in [6, 6.07) is 7.80. The number of aromatic amines is 1. The lowest BCUT2D eigenvalue weighted by molar-refractivity contribution is 0.415. The first-order valence-electron chi connectivity index (χ1n) is 7.65. The standard InChI is InChI=1S/C16H21N3O3S/c1-22-15-4-2-3-13(7-15)16-14(10-18-19-16)9-17-8-12-5-6-23(20,21)11-12/h2-4,7,10,12,17H,5-6,8-9,11H2,1H3,(H,18,19)/t12-/m0/s1. The molecule has 124 valence electrons. The van der Waals surface area contributed by atoms with Crippen molar-refractivity contribution in [3.8, 4) is 17.0 Å². The predicted octanol–water partition coefficient (Wildman–Crippen LogP) is 1.61. The molecule has 0 unspecified atom stereocenters. The summed E-state index contributed by atoms with van der Waals surface area (Å²) in [5.74, 6) is 1.63. The first-order chi connectivity index (χ1) is 11.1. The van der Waals surface area contributed by atoms with Gasteiger partial charge in [-0.25, -0.2) is 8.42 Å². The van der Waals surface area contributed by atoms with Gasteiger partial charge in [-0.2, -0.15) is 5.10 Å². The number of nitrogens with zero attached hydrogens (tertiary/aromatic N) is 1. The van der Waals surface area contributed by atoms with E-state index < -0.39 is 9.84 Å². The molecule has 1 atom stereocenters. The summed E-state index contributed by atoms with van der Waals surface area (Å²) in [4.78, 5) is 0. The Bertz CT molecular complexity index is 770.